The molecule has 2 aromatic carbocycles. The number of benzene rings is 2. The minimum atomic E-state index is -2.16. The number of carbonyl (C=O) groups excluding carboxylic acids is 14. The summed E-state index contributed by atoms with van der Waals surface area (Å²) in [5.41, 5.74) is 17.6. The second-order valence-electron chi connectivity index (χ2n) is 27.5. The predicted molar refractivity (Wildman–Crippen MR) is 397 cm³/mol. The fourth-order valence-electron chi connectivity index (χ4n) is 10.6. The summed E-state index contributed by atoms with van der Waals surface area (Å²) in [6.45, 7) is 11.5. The van der Waals surface area contributed by atoms with Crippen molar-refractivity contribution in [2.24, 2.45) is 35.0 Å². The van der Waals surface area contributed by atoms with Crippen molar-refractivity contribution in [3.05, 3.63) is 71.8 Å². The average Bonchev–Trinajstić information content (AvgIpc) is 0.841. The summed E-state index contributed by atoms with van der Waals surface area (Å²) in [4.78, 5) is 230. The van der Waals surface area contributed by atoms with Gasteiger partial charge in [-0.25, -0.2) is 4.79 Å². The van der Waals surface area contributed by atoms with Crippen LogP contribution in [-0.2, 0) is 94.3 Å². The van der Waals surface area contributed by atoms with Crippen molar-refractivity contribution >= 4 is 113 Å². The zero-order valence-corrected chi connectivity index (χ0v) is 64.0. The molecule has 618 valence electrons. The van der Waals surface area contributed by atoms with E-state index in [-0.39, 0.29) is 25.8 Å². The van der Waals surface area contributed by atoms with Crippen LogP contribution in [0.5, 0.6) is 0 Å². The SMILES string of the molecule is CC(C)[C@H](NC(=O)[C@@H](NC(=O)[C@@H](NC(=O)[C@H](CC(=O)O)NC(=O)[C@H](CC(N)=O)NC(=O)[C@H](CS)NC(=O)[C@H](Cc1ccccc1)NC(=O)[C@@H](NC(=O)[C@H](Cc1ccccc1)NC(=O)[C@H](CCC(=O)O)NC(=O)[C@@H](NC(=O)[C@H](CO)NC(=O)[C@H](CCCCN)NC(=O)[C@@H](N)[C@@H](C)O)C(C)C)[C@@H](C)O)[C@@H](C)O)C(C)C)C(=O)O. The number of carboxylic acid groups (broad SMARTS) is 3. The van der Waals surface area contributed by atoms with Crippen molar-refractivity contribution < 1.29 is 117 Å². The molecule has 2 aromatic rings. The van der Waals surface area contributed by atoms with Gasteiger partial charge < -0.3 is 122 Å². The summed E-state index contributed by atoms with van der Waals surface area (Å²) in [6, 6.07) is -8.59. The van der Waals surface area contributed by atoms with Gasteiger partial charge >= 0.3 is 17.9 Å². The highest BCUT2D eigenvalue weighted by Gasteiger charge is 2.41. The van der Waals surface area contributed by atoms with E-state index < -0.39 is 259 Å². The molecule has 0 aliphatic heterocycles. The number of primary amides is 1. The molecule has 26 N–H and O–H groups in total. The maximum absolute atomic E-state index is 14.6. The summed E-state index contributed by atoms with van der Waals surface area (Å²) >= 11 is 4.19. The van der Waals surface area contributed by atoms with Crippen LogP contribution in [0.1, 0.15) is 118 Å². The number of rotatable bonds is 50. The molecule has 0 spiro atoms. The number of aliphatic hydroxyl groups is 4. The summed E-state index contributed by atoms with van der Waals surface area (Å²) in [5.74, 6) is -23.8. The number of amides is 14. The Bertz CT molecular complexity index is 3520. The van der Waals surface area contributed by atoms with Gasteiger partial charge in [0.1, 0.15) is 84.6 Å². The van der Waals surface area contributed by atoms with Crippen LogP contribution in [0.15, 0.2) is 60.7 Å². The molecule has 0 saturated heterocycles. The number of thiol groups is 1. The van der Waals surface area contributed by atoms with E-state index in [0.29, 0.717) is 24.0 Å². The summed E-state index contributed by atoms with van der Waals surface area (Å²) in [5, 5.41) is 101. The molecule has 0 saturated carbocycles. The monoisotopic (exact) mass is 1590 g/mol. The molecule has 111 heavy (non-hydrogen) atoms. The Morgan fingerprint density at radius 1 is 0.369 bits per heavy atom. The standard InChI is InChI=1S/C70H108N16O24S/c1-32(2)52(82-63(102)46(30-87)80-57(96)40(22-16-17-25-71)74-65(104)51(73)35(7)88)66(105)75-41(23-24-49(92)93)58(97)76-43(27-39-20-14-11-15-21-39)61(100)85-55(36(8)89)68(107)79-42(26-38-18-12-10-13-19-38)59(98)81-47(31-111)64(103)77-44(28-48(72)91)60(99)78-45(29-50(94)95)62(101)86-56(37(9)90)69(108)83-53(33(3)4)67(106)84-54(34(5)6)70(109)110/h10-15,18-21,32-37,40-47,51-56,87-90,111H,16-17,22-31,71,73H2,1-9H3,(H2,72,91)(H,74,104)(H,75,105)(H,76,97)(H,77,103)(H,78,99)(H,79,107)(H,80,96)(H,81,98)(H,82,102)(H,83,108)(H,84,106)(H,85,100)(H,86,101)(H,92,93)(H,94,95)(H,109,110)/t35-,36-,37-,40+,41+,42+,43+,44+,45+,46+,47+,51+,52+,53+,54+,55+,56+/m1/s1. The smallest absolute Gasteiger partial charge is 0.326 e. The average molecular weight is 1590 g/mol. The van der Waals surface area contributed by atoms with Crippen LogP contribution in [0, 0.1) is 17.8 Å². The Balaban J connectivity index is 2.53. The van der Waals surface area contributed by atoms with E-state index in [4.69, 9.17) is 17.2 Å². The maximum atomic E-state index is 14.6. The first-order valence-electron chi connectivity index (χ1n) is 35.7. The first kappa shape index (κ1) is 96.6. The number of aliphatic hydroxyl groups excluding tert-OH is 4. The van der Waals surface area contributed by atoms with E-state index in [1.807, 2.05) is 0 Å². The number of unbranched alkanes of at least 4 members (excludes halogenated alkanes) is 1. The third kappa shape index (κ3) is 33.7. The lowest BCUT2D eigenvalue weighted by molar-refractivity contribution is -0.144. The van der Waals surface area contributed by atoms with Crippen molar-refractivity contribution in [2.75, 3.05) is 18.9 Å². The first-order chi connectivity index (χ1) is 52.0. The van der Waals surface area contributed by atoms with Crippen molar-refractivity contribution in [3.8, 4) is 0 Å². The molecule has 17 atom stereocenters. The third-order valence-corrected chi connectivity index (χ3v) is 17.4. The van der Waals surface area contributed by atoms with E-state index in [9.17, 15) is 117 Å². The molecule has 0 bridgehead atoms. The highest BCUT2D eigenvalue weighted by Crippen LogP contribution is 2.14. The van der Waals surface area contributed by atoms with Gasteiger partial charge in [-0.2, -0.15) is 12.6 Å². The maximum Gasteiger partial charge on any atom is 0.326 e. The van der Waals surface area contributed by atoms with Crippen molar-refractivity contribution in [2.45, 2.75) is 223 Å². The van der Waals surface area contributed by atoms with Crippen LogP contribution in [0.25, 0.3) is 0 Å². The molecular weight excluding hydrogens is 1480 g/mol. The first-order valence-corrected chi connectivity index (χ1v) is 36.3. The Morgan fingerprint density at radius 3 is 1.11 bits per heavy atom. The fraction of sp³-hybridized carbons (Fsp3) is 0.586. The van der Waals surface area contributed by atoms with Crippen molar-refractivity contribution in [1.82, 2.24) is 69.1 Å². The van der Waals surface area contributed by atoms with Gasteiger partial charge in [-0.3, -0.25) is 76.7 Å². The number of aliphatic carboxylic acids is 3. The lowest BCUT2D eigenvalue weighted by atomic mass is 9.99. The minimum absolute atomic E-state index is 0.0162. The van der Waals surface area contributed by atoms with Crippen LogP contribution < -0.4 is 86.3 Å². The molecule has 41 heteroatoms. The highest BCUT2D eigenvalue weighted by atomic mass is 32.1. The van der Waals surface area contributed by atoms with E-state index in [2.05, 4.69) is 81.7 Å². The van der Waals surface area contributed by atoms with Crippen LogP contribution in [0.3, 0.4) is 0 Å². The lowest BCUT2D eigenvalue weighted by Gasteiger charge is -2.29. The lowest BCUT2D eigenvalue weighted by Crippen LogP contribution is -2.63. The molecule has 0 aliphatic rings. The number of hydrogen-bond acceptors (Lipinski definition) is 24. The van der Waals surface area contributed by atoms with E-state index >= 15 is 0 Å². The molecule has 0 heterocycles. The second-order valence-corrected chi connectivity index (χ2v) is 27.8. The zero-order valence-electron chi connectivity index (χ0n) is 63.1. The van der Waals surface area contributed by atoms with E-state index in [0.717, 1.165) is 13.8 Å². The molecule has 0 radical (unpaired) electrons. The molecule has 0 aromatic heterocycles. The molecule has 40 nitrogen and oxygen atoms in total. The van der Waals surface area contributed by atoms with Crippen LogP contribution in [-0.4, -0.2) is 258 Å². The quantitative estimate of drug-likeness (QED) is 0.0216. The topological polar surface area (TPSA) is 666 Å². The van der Waals surface area contributed by atoms with Crippen LogP contribution >= 0.6 is 12.6 Å². The molecule has 0 fully saturated rings. The van der Waals surface area contributed by atoms with Crippen molar-refractivity contribution in [3.63, 3.8) is 0 Å². The number of carbonyl (C=O) groups is 17. The van der Waals surface area contributed by atoms with Gasteiger partial charge in [0, 0.05) is 25.0 Å². The van der Waals surface area contributed by atoms with Gasteiger partial charge in [0.2, 0.25) is 82.7 Å². The molecule has 0 unspecified atom stereocenters. The van der Waals surface area contributed by atoms with Crippen molar-refractivity contribution in [1.29, 1.82) is 0 Å². The number of hydrogen-bond donors (Lipinski definition) is 24. The third-order valence-electron chi connectivity index (χ3n) is 17.0. The van der Waals surface area contributed by atoms with E-state index in [1.54, 1.807) is 48.5 Å². The van der Waals surface area contributed by atoms with E-state index in [1.165, 1.54) is 60.6 Å². The van der Waals surface area contributed by atoms with Gasteiger partial charge in [-0.1, -0.05) is 102 Å². The van der Waals surface area contributed by atoms with Gasteiger partial charge in [0.15, 0.2) is 0 Å². The highest BCUT2D eigenvalue weighted by molar-refractivity contribution is 7.80. The van der Waals surface area contributed by atoms with Crippen LogP contribution in [0.4, 0.5) is 0 Å². The Morgan fingerprint density at radius 2 is 0.694 bits per heavy atom. The Labute approximate surface area is 645 Å². The molecular formula is C70H108N16O24S. The van der Waals surface area contributed by atoms with Gasteiger partial charge in [0.25, 0.3) is 0 Å². The van der Waals surface area contributed by atoms with Crippen LogP contribution in [0.2, 0.25) is 0 Å². The number of nitrogens with one attached hydrogen (secondary N) is 13. The molecule has 0 aliphatic carbocycles. The normalized spacial score (nSPS) is 15.8. The molecule has 2 rings (SSSR count). The summed E-state index contributed by atoms with van der Waals surface area (Å²) in [6.07, 6.45) is -8.69. The summed E-state index contributed by atoms with van der Waals surface area (Å²) in [7, 11) is 0. The number of nitrogens with two attached hydrogens (primary N) is 3. The predicted octanol–water partition coefficient (Wildman–Crippen LogP) is -7.44. The fourth-order valence-corrected chi connectivity index (χ4v) is 10.9. The number of carboxylic acids is 3. The van der Waals surface area contributed by atoms with Gasteiger partial charge in [0.05, 0.1) is 37.8 Å². The zero-order chi connectivity index (χ0) is 84.3. The Kier molecular flexibility index (Phi) is 42.0. The largest absolute Gasteiger partial charge is 0.481 e. The molecule has 14 amide bonds. The minimum Gasteiger partial charge on any atom is -0.481 e. The Hall–Kier alpha value is -10.5. The van der Waals surface area contributed by atoms with Gasteiger partial charge in [-0.15, -0.1) is 0 Å². The summed E-state index contributed by atoms with van der Waals surface area (Å²) < 4.78 is 0. The van der Waals surface area contributed by atoms with Gasteiger partial charge in [-0.05, 0) is 81.9 Å². The second kappa shape index (κ2) is 48.2.